The topological polar surface area (TPSA) is 26.3 Å². The standard InChI is InChI=1S/C18H20O2/c1-14-7-9-15(10-8-14)12-18(2,13-19)16-5-4-6-17(11-16)20-3/h4-11,13H,12H2,1-3H3. The van der Waals surface area contributed by atoms with Crippen LogP contribution in [-0.2, 0) is 16.6 Å². The Kier molecular flexibility index (Phi) is 4.23. The van der Waals surface area contributed by atoms with E-state index in [2.05, 4.69) is 31.2 Å². The summed E-state index contributed by atoms with van der Waals surface area (Å²) in [5, 5.41) is 0. The number of methoxy groups -OCH3 is 1. The maximum Gasteiger partial charge on any atom is 0.130 e. The molecular formula is C18H20O2. The van der Waals surface area contributed by atoms with Crippen LogP contribution in [0.25, 0.3) is 0 Å². The Balaban J connectivity index is 2.32. The van der Waals surface area contributed by atoms with Crippen molar-refractivity contribution in [3.8, 4) is 5.75 Å². The lowest BCUT2D eigenvalue weighted by molar-refractivity contribution is -0.112. The Morgan fingerprint density at radius 2 is 1.85 bits per heavy atom. The molecule has 1 unspecified atom stereocenters. The van der Waals surface area contributed by atoms with E-state index in [4.69, 9.17) is 4.74 Å². The first-order chi connectivity index (χ1) is 9.57. The summed E-state index contributed by atoms with van der Waals surface area (Å²) < 4.78 is 5.24. The summed E-state index contributed by atoms with van der Waals surface area (Å²) in [7, 11) is 1.64. The van der Waals surface area contributed by atoms with E-state index >= 15 is 0 Å². The third-order valence-corrected chi connectivity index (χ3v) is 3.68. The SMILES string of the molecule is COc1cccc(C(C)(C=O)Cc2ccc(C)cc2)c1. The van der Waals surface area contributed by atoms with Gasteiger partial charge in [0.25, 0.3) is 0 Å². The van der Waals surface area contributed by atoms with Crippen molar-refractivity contribution in [3.05, 3.63) is 65.2 Å². The Labute approximate surface area is 120 Å². The molecule has 0 saturated heterocycles. The van der Waals surface area contributed by atoms with E-state index in [1.807, 2.05) is 31.2 Å². The lowest BCUT2D eigenvalue weighted by atomic mass is 9.78. The van der Waals surface area contributed by atoms with Gasteiger partial charge in [-0.25, -0.2) is 0 Å². The molecule has 2 nitrogen and oxygen atoms in total. The van der Waals surface area contributed by atoms with Crippen molar-refractivity contribution in [1.29, 1.82) is 0 Å². The fraction of sp³-hybridized carbons (Fsp3) is 0.278. The van der Waals surface area contributed by atoms with E-state index in [9.17, 15) is 4.79 Å². The molecule has 20 heavy (non-hydrogen) atoms. The molecule has 0 aromatic heterocycles. The van der Waals surface area contributed by atoms with E-state index in [0.717, 1.165) is 23.2 Å². The van der Waals surface area contributed by atoms with Crippen molar-refractivity contribution in [2.24, 2.45) is 0 Å². The summed E-state index contributed by atoms with van der Waals surface area (Å²) in [6.07, 6.45) is 1.71. The minimum Gasteiger partial charge on any atom is -0.497 e. The normalized spacial score (nSPS) is 13.6. The minimum atomic E-state index is -0.538. The van der Waals surface area contributed by atoms with Crippen molar-refractivity contribution in [2.45, 2.75) is 25.7 Å². The Morgan fingerprint density at radius 3 is 2.45 bits per heavy atom. The predicted molar refractivity (Wildman–Crippen MR) is 81.3 cm³/mol. The van der Waals surface area contributed by atoms with Crippen LogP contribution in [0.1, 0.15) is 23.6 Å². The van der Waals surface area contributed by atoms with Gasteiger partial charge < -0.3 is 9.53 Å². The van der Waals surface area contributed by atoms with Crippen LogP contribution < -0.4 is 4.74 Å². The number of ether oxygens (including phenoxy) is 1. The zero-order valence-electron chi connectivity index (χ0n) is 12.2. The monoisotopic (exact) mass is 268 g/mol. The lowest BCUT2D eigenvalue weighted by Crippen LogP contribution is -2.26. The average Bonchev–Trinajstić information content (AvgIpc) is 2.49. The van der Waals surface area contributed by atoms with Crippen LogP contribution in [0.4, 0.5) is 0 Å². The third-order valence-electron chi connectivity index (χ3n) is 3.68. The van der Waals surface area contributed by atoms with Gasteiger partial charge in [0.15, 0.2) is 0 Å². The Hall–Kier alpha value is -2.09. The number of benzene rings is 2. The zero-order chi connectivity index (χ0) is 14.6. The maximum absolute atomic E-state index is 11.7. The van der Waals surface area contributed by atoms with Crippen LogP contribution in [0.15, 0.2) is 48.5 Å². The van der Waals surface area contributed by atoms with Gasteiger partial charge in [-0.1, -0.05) is 42.0 Å². The first-order valence-corrected chi connectivity index (χ1v) is 6.74. The molecule has 0 N–H and O–H groups in total. The van der Waals surface area contributed by atoms with Gasteiger partial charge >= 0.3 is 0 Å². The minimum absolute atomic E-state index is 0.538. The number of rotatable bonds is 5. The van der Waals surface area contributed by atoms with Gasteiger partial charge in [-0.2, -0.15) is 0 Å². The van der Waals surface area contributed by atoms with E-state index in [1.54, 1.807) is 7.11 Å². The molecule has 2 aromatic rings. The van der Waals surface area contributed by atoms with Crippen LogP contribution in [0.3, 0.4) is 0 Å². The fourth-order valence-electron chi connectivity index (χ4n) is 2.32. The molecule has 2 aromatic carbocycles. The number of aryl methyl sites for hydroxylation is 1. The van der Waals surface area contributed by atoms with E-state index in [-0.39, 0.29) is 0 Å². The molecule has 0 aliphatic heterocycles. The molecule has 0 heterocycles. The first kappa shape index (κ1) is 14.3. The summed E-state index contributed by atoms with van der Waals surface area (Å²) in [5.74, 6) is 0.777. The van der Waals surface area contributed by atoms with Crippen molar-refractivity contribution in [2.75, 3.05) is 7.11 Å². The highest BCUT2D eigenvalue weighted by Gasteiger charge is 2.26. The molecule has 0 bridgehead atoms. The molecule has 0 spiro atoms. The van der Waals surface area contributed by atoms with Crippen molar-refractivity contribution >= 4 is 6.29 Å². The molecular weight excluding hydrogens is 248 g/mol. The molecule has 0 saturated carbocycles. The Morgan fingerprint density at radius 1 is 1.15 bits per heavy atom. The Bertz CT molecular complexity index is 587. The van der Waals surface area contributed by atoms with Gasteiger partial charge in [0, 0.05) is 0 Å². The maximum atomic E-state index is 11.7. The summed E-state index contributed by atoms with van der Waals surface area (Å²) in [5.41, 5.74) is 2.83. The summed E-state index contributed by atoms with van der Waals surface area (Å²) >= 11 is 0. The highest BCUT2D eigenvalue weighted by Crippen LogP contribution is 2.28. The van der Waals surface area contributed by atoms with Crippen LogP contribution in [0.2, 0.25) is 0 Å². The van der Waals surface area contributed by atoms with Crippen LogP contribution in [-0.4, -0.2) is 13.4 Å². The lowest BCUT2D eigenvalue weighted by Gasteiger charge is -2.24. The number of carbonyl (C=O) groups excluding carboxylic acids is 1. The fourth-order valence-corrected chi connectivity index (χ4v) is 2.32. The second kappa shape index (κ2) is 5.91. The summed E-state index contributed by atoms with van der Waals surface area (Å²) in [6.45, 7) is 4.03. The second-order valence-corrected chi connectivity index (χ2v) is 5.43. The van der Waals surface area contributed by atoms with E-state index < -0.39 is 5.41 Å². The molecule has 0 aliphatic rings. The van der Waals surface area contributed by atoms with Gasteiger partial charge in [0.1, 0.15) is 12.0 Å². The third kappa shape index (κ3) is 3.08. The summed E-state index contributed by atoms with van der Waals surface area (Å²) in [6, 6.07) is 16.0. The van der Waals surface area contributed by atoms with Gasteiger partial charge in [0.2, 0.25) is 0 Å². The summed E-state index contributed by atoms with van der Waals surface area (Å²) in [4.78, 5) is 11.7. The number of aldehydes is 1. The van der Waals surface area contributed by atoms with Gasteiger partial charge in [0.05, 0.1) is 12.5 Å². The number of hydrogen-bond donors (Lipinski definition) is 0. The molecule has 1 atom stereocenters. The molecule has 104 valence electrons. The average molecular weight is 268 g/mol. The first-order valence-electron chi connectivity index (χ1n) is 6.74. The molecule has 0 aliphatic carbocycles. The number of carbonyl (C=O) groups is 1. The molecule has 0 radical (unpaired) electrons. The van der Waals surface area contributed by atoms with E-state index in [1.165, 1.54) is 5.56 Å². The van der Waals surface area contributed by atoms with Crippen LogP contribution >= 0.6 is 0 Å². The second-order valence-electron chi connectivity index (χ2n) is 5.43. The molecule has 2 rings (SSSR count). The highest BCUT2D eigenvalue weighted by molar-refractivity contribution is 5.69. The van der Waals surface area contributed by atoms with Crippen LogP contribution in [0, 0.1) is 6.92 Å². The molecule has 2 heteroatoms. The smallest absolute Gasteiger partial charge is 0.130 e. The van der Waals surface area contributed by atoms with Crippen molar-refractivity contribution < 1.29 is 9.53 Å². The van der Waals surface area contributed by atoms with E-state index in [0.29, 0.717) is 6.42 Å². The van der Waals surface area contributed by atoms with Crippen molar-refractivity contribution in [3.63, 3.8) is 0 Å². The number of hydrogen-bond acceptors (Lipinski definition) is 2. The molecule has 0 fully saturated rings. The largest absolute Gasteiger partial charge is 0.497 e. The van der Waals surface area contributed by atoms with Gasteiger partial charge in [-0.3, -0.25) is 0 Å². The van der Waals surface area contributed by atoms with Crippen LogP contribution in [0.5, 0.6) is 5.75 Å². The quantitative estimate of drug-likeness (QED) is 0.773. The predicted octanol–water partition coefficient (Wildman–Crippen LogP) is 3.70. The van der Waals surface area contributed by atoms with Gasteiger partial charge in [-0.15, -0.1) is 0 Å². The van der Waals surface area contributed by atoms with Crippen molar-refractivity contribution in [1.82, 2.24) is 0 Å². The molecule has 0 amide bonds. The van der Waals surface area contributed by atoms with Gasteiger partial charge in [-0.05, 0) is 43.5 Å². The zero-order valence-corrected chi connectivity index (χ0v) is 12.2. The highest BCUT2D eigenvalue weighted by atomic mass is 16.5.